The second-order valence-corrected chi connectivity index (χ2v) is 3.98. The van der Waals surface area contributed by atoms with Crippen molar-refractivity contribution in [2.24, 2.45) is 0 Å². The summed E-state index contributed by atoms with van der Waals surface area (Å²) in [6.45, 7) is 0. The molecule has 2 rings (SSSR count). The fraction of sp³-hybridized carbons (Fsp3) is 0. The van der Waals surface area contributed by atoms with Crippen LogP contribution in [0.1, 0.15) is 5.56 Å². The molecule has 0 spiro atoms. The fourth-order valence-electron chi connectivity index (χ4n) is 0.948. The van der Waals surface area contributed by atoms with Crippen LogP contribution in [0.5, 0.6) is 0 Å². The average Bonchev–Trinajstić information content (AvgIpc) is 2.43. The normalized spacial score (nSPS) is 10.0. The molecule has 12 heavy (non-hydrogen) atoms. The predicted molar refractivity (Wildman–Crippen MR) is 49.3 cm³/mol. The molecular weight excluding hydrogens is 192 g/mol. The molecule has 0 radical (unpaired) electrons. The molecule has 0 atom stereocenters. The van der Waals surface area contributed by atoms with Gasteiger partial charge < -0.3 is 0 Å². The van der Waals surface area contributed by atoms with Gasteiger partial charge >= 0.3 is 0 Å². The van der Waals surface area contributed by atoms with Gasteiger partial charge in [-0.25, -0.2) is 0 Å². The van der Waals surface area contributed by atoms with Crippen LogP contribution in [-0.2, 0) is 0 Å². The minimum absolute atomic E-state index is 0.570. The monoisotopic (exact) mass is 194 g/mol. The smallest absolute Gasteiger partial charge is 0.101 e. The van der Waals surface area contributed by atoms with Crippen LogP contribution in [0.4, 0.5) is 0 Å². The summed E-state index contributed by atoms with van der Waals surface area (Å²) < 4.78 is 1.66. The first-order valence-electron chi connectivity index (χ1n) is 3.25. The molecule has 2 nitrogen and oxygen atoms in total. The van der Waals surface area contributed by atoms with Crippen LogP contribution in [-0.4, -0.2) is 4.98 Å². The highest BCUT2D eigenvalue weighted by Gasteiger charge is 2.01. The van der Waals surface area contributed by atoms with Gasteiger partial charge in [-0.2, -0.15) is 5.26 Å². The Balaban J connectivity index is 2.77. The minimum atomic E-state index is 0.570. The summed E-state index contributed by atoms with van der Waals surface area (Å²) in [6.07, 6.45) is 1.55. The van der Waals surface area contributed by atoms with Crippen molar-refractivity contribution in [2.75, 3.05) is 0 Å². The minimum Gasteiger partial charge on any atom is -0.254 e. The molecule has 0 saturated carbocycles. The van der Waals surface area contributed by atoms with Crippen LogP contribution in [0.3, 0.4) is 0 Å². The standard InChI is InChI=1S/C8H3ClN2S/c9-8-2-6-7(12-8)1-5(3-10)4-11-6/h1-2,4H. The topological polar surface area (TPSA) is 36.7 Å². The van der Waals surface area contributed by atoms with E-state index in [0.29, 0.717) is 9.90 Å². The number of aromatic nitrogens is 1. The van der Waals surface area contributed by atoms with Gasteiger partial charge in [0.05, 0.1) is 20.1 Å². The highest BCUT2D eigenvalue weighted by molar-refractivity contribution is 7.22. The summed E-state index contributed by atoms with van der Waals surface area (Å²) in [5.41, 5.74) is 1.42. The zero-order valence-corrected chi connectivity index (χ0v) is 7.49. The molecule has 2 heterocycles. The summed E-state index contributed by atoms with van der Waals surface area (Å²) in [5, 5.41) is 8.59. The quantitative estimate of drug-likeness (QED) is 0.647. The summed E-state index contributed by atoms with van der Waals surface area (Å²) in [4.78, 5) is 4.08. The Bertz CT molecular complexity index is 469. The van der Waals surface area contributed by atoms with Crippen LogP contribution in [0.15, 0.2) is 18.3 Å². The lowest BCUT2D eigenvalue weighted by atomic mass is 10.3. The lowest BCUT2D eigenvalue weighted by Gasteiger charge is -1.87. The molecule has 0 N–H and O–H groups in total. The van der Waals surface area contributed by atoms with Crippen LogP contribution in [0, 0.1) is 11.3 Å². The first kappa shape index (κ1) is 7.53. The van der Waals surface area contributed by atoms with Crippen LogP contribution < -0.4 is 0 Å². The van der Waals surface area contributed by atoms with Gasteiger partial charge in [0.2, 0.25) is 0 Å². The van der Waals surface area contributed by atoms with Gasteiger partial charge in [0.15, 0.2) is 0 Å². The van der Waals surface area contributed by atoms with Gasteiger partial charge in [-0.05, 0) is 12.1 Å². The van der Waals surface area contributed by atoms with Crippen molar-refractivity contribution in [3.05, 3.63) is 28.2 Å². The van der Waals surface area contributed by atoms with Crippen molar-refractivity contribution in [1.29, 1.82) is 5.26 Å². The van der Waals surface area contributed by atoms with Crippen molar-refractivity contribution in [1.82, 2.24) is 4.98 Å². The Morgan fingerprint density at radius 3 is 3.08 bits per heavy atom. The highest BCUT2D eigenvalue weighted by atomic mass is 35.5. The van der Waals surface area contributed by atoms with Crippen LogP contribution in [0.2, 0.25) is 4.34 Å². The first-order valence-corrected chi connectivity index (χ1v) is 4.44. The van der Waals surface area contributed by atoms with Crippen molar-refractivity contribution in [3.63, 3.8) is 0 Å². The van der Waals surface area contributed by atoms with Crippen LogP contribution >= 0.6 is 22.9 Å². The van der Waals surface area contributed by atoms with E-state index in [0.717, 1.165) is 10.2 Å². The number of halogens is 1. The van der Waals surface area contributed by atoms with E-state index in [1.807, 2.05) is 6.07 Å². The maximum atomic E-state index is 8.59. The second-order valence-electron chi connectivity index (χ2n) is 2.27. The molecule has 0 bridgehead atoms. The Labute approximate surface area is 78.0 Å². The molecule has 0 amide bonds. The van der Waals surface area contributed by atoms with E-state index in [4.69, 9.17) is 16.9 Å². The SMILES string of the molecule is N#Cc1cnc2cc(Cl)sc2c1. The number of rotatable bonds is 0. The van der Waals surface area contributed by atoms with Gasteiger partial charge in [0.25, 0.3) is 0 Å². The lowest BCUT2D eigenvalue weighted by Crippen LogP contribution is -1.75. The molecular formula is C8H3ClN2S. The van der Waals surface area contributed by atoms with Crippen molar-refractivity contribution in [3.8, 4) is 6.07 Å². The maximum Gasteiger partial charge on any atom is 0.101 e. The number of hydrogen-bond acceptors (Lipinski definition) is 3. The van der Waals surface area contributed by atoms with Crippen molar-refractivity contribution < 1.29 is 0 Å². The lowest BCUT2D eigenvalue weighted by molar-refractivity contribution is 1.38. The van der Waals surface area contributed by atoms with Gasteiger partial charge in [0, 0.05) is 6.20 Å². The molecule has 0 unspecified atom stereocenters. The van der Waals surface area contributed by atoms with Crippen LogP contribution in [0.25, 0.3) is 10.2 Å². The van der Waals surface area contributed by atoms with Gasteiger partial charge in [-0.1, -0.05) is 11.6 Å². The maximum absolute atomic E-state index is 8.59. The summed E-state index contributed by atoms with van der Waals surface area (Å²) >= 11 is 7.21. The number of thiophene rings is 1. The van der Waals surface area contributed by atoms with E-state index in [9.17, 15) is 0 Å². The van der Waals surface area contributed by atoms with E-state index < -0.39 is 0 Å². The number of fused-ring (bicyclic) bond motifs is 1. The molecule has 0 fully saturated rings. The Kier molecular flexibility index (Phi) is 1.72. The third-order valence-corrected chi connectivity index (χ3v) is 2.67. The number of hydrogen-bond donors (Lipinski definition) is 0. The van der Waals surface area contributed by atoms with E-state index in [1.165, 1.54) is 11.3 Å². The fourth-order valence-corrected chi connectivity index (χ4v) is 2.08. The molecule has 0 aromatic carbocycles. The average molecular weight is 195 g/mol. The number of nitrogens with zero attached hydrogens (tertiary/aromatic N) is 2. The predicted octanol–water partition coefficient (Wildman–Crippen LogP) is 2.82. The van der Waals surface area contributed by atoms with Gasteiger partial charge in [-0.3, -0.25) is 4.98 Å². The first-order chi connectivity index (χ1) is 5.79. The summed E-state index contributed by atoms with van der Waals surface area (Å²) in [7, 11) is 0. The molecule has 4 heteroatoms. The molecule has 2 aromatic heterocycles. The van der Waals surface area contributed by atoms with Crippen molar-refractivity contribution >= 4 is 33.2 Å². The van der Waals surface area contributed by atoms with Gasteiger partial charge in [0.1, 0.15) is 6.07 Å². The Morgan fingerprint density at radius 1 is 1.50 bits per heavy atom. The second kappa shape index (κ2) is 2.74. The molecule has 0 aliphatic rings. The van der Waals surface area contributed by atoms with Crippen molar-refractivity contribution in [2.45, 2.75) is 0 Å². The number of nitriles is 1. The third kappa shape index (κ3) is 1.15. The largest absolute Gasteiger partial charge is 0.254 e. The Morgan fingerprint density at radius 2 is 2.33 bits per heavy atom. The number of pyridine rings is 1. The molecule has 0 aliphatic carbocycles. The Hall–Kier alpha value is -1.11. The summed E-state index contributed by atoms with van der Waals surface area (Å²) in [5.74, 6) is 0. The highest BCUT2D eigenvalue weighted by Crippen LogP contribution is 2.27. The van der Waals surface area contributed by atoms with E-state index in [2.05, 4.69) is 4.98 Å². The zero-order valence-electron chi connectivity index (χ0n) is 5.91. The third-order valence-electron chi connectivity index (χ3n) is 1.47. The summed E-state index contributed by atoms with van der Waals surface area (Å²) in [6, 6.07) is 5.61. The molecule has 0 aliphatic heterocycles. The van der Waals surface area contributed by atoms with E-state index in [-0.39, 0.29) is 0 Å². The molecule has 58 valence electrons. The zero-order chi connectivity index (χ0) is 8.55. The molecule has 2 aromatic rings. The van der Waals surface area contributed by atoms with E-state index in [1.54, 1.807) is 18.3 Å². The molecule has 0 saturated heterocycles. The van der Waals surface area contributed by atoms with Gasteiger partial charge in [-0.15, -0.1) is 11.3 Å². The van der Waals surface area contributed by atoms with E-state index >= 15 is 0 Å².